The van der Waals surface area contributed by atoms with Crippen LogP contribution >= 0.6 is 11.6 Å². The standard InChI is InChI=1S/C11H15ClN2/c1-8(12)7-13-11-6-5-9-3-2-4-10(9)14-11/h5-6,8H,2-4,7H2,1H3,(H,13,14). The SMILES string of the molecule is CC(Cl)CNc1ccc2c(n1)CCC2. The molecule has 0 aliphatic heterocycles. The first kappa shape index (κ1) is 9.78. The van der Waals surface area contributed by atoms with Gasteiger partial charge in [-0.25, -0.2) is 4.98 Å². The number of hydrogen-bond acceptors (Lipinski definition) is 2. The molecule has 1 atom stereocenters. The van der Waals surface area contributed by atoms with E-state index in [9.17, 15) is 0 Å². The Morgan fingerprint density at radius 1 is 1.50 bits per heavy atom. The van der Waals surface area contributed by atoms with Gasteiger partial charge in [0.15, 0.2) is 0 Å². The molecule has 1 N–H and O–H groups in total. The summed E-state index contributed by atoms with van der Waals surface area (Å²) in [5.74, 6) is 0.957. The largest absolute Gasteiger partial charge is 0.369 e. The fourth-order valence-corrected chi connectivity index (χ4v) is 1.84. The van der Waals surface area contributed by atoms with Gasteiger partial charge in [-0.1, -0.05) is 6.07 Å². The van der Waals surface area contributed by atoms with Crippen molar-refractivity contribution < 1.29 is 0 Å². The van der Waals surface area contributed by atoms with Crippen molar-refractivity contribution in [3.63, 3.8) is 0 Å². The lowest BCUT2D eigenvalue weighted by molar-refractivity contribution is 0.898. The number of fused-ring (bicyclic) bond motifs is 1. The van der Waals surface area contributed by atoms with E-state index in [2.05, 4.69) is 16.4 Å². The topological polar surface area (TPSA) is 24.9 Å². The summed E-state index contributed by atoms with van der Waals surface area (Å²) >= 11 is 5.85. The molecule has 1 aliphatic carbocycles. The van der Waals surface area contributed by atoms with Crippen LogP contribution in [-0.4, -0.2) is 16.9 Å². The van der Waals surface area contributed by atoms with Gasteiger partial charge in [0.1, 0.15) is 5.82 Å². The molecule has 1 unspecified atom stereocenters. The second-order valence-electron chi connectivity index (χ2n) is 3.82. The molecule has 3 heteroatoms. The molecule has 1 aromatic rings. The highest BCUT2D eigenvalue weighted by Crippen LogP contribution is 2.21. The van der Waals surface area contributed by atoms with Crippen molar-refractivity contribution in [1.29, 1.82) is 0 Å². The van der Waals surface area contributed by atoms with Crippen molar-refractivity contribution in [1.82, 2.24) is 4.98 Å². The molecule has 0 aromatic carbocycles. The first-order valence-corrected chi connectivity index (χ1v) is 5.56. The summed E-state index contributed by atoms with van der Waals surface area (Å²) in [6, 6.07) is 4.22. The van der Waals surface area contributed by atoms with Gasteiger partial charge in [-0.05, 0) is 37.8 Å². The summed E-state index contributed by atoms with van der Waals surface area (Å²) in [5, 5.41) is 3.37. The summed E-state index contributed by atoms with van der Waals surface area (Å²) in [5.41, 5.74) is 2.67. The van der Waals surface area contributed by atoms with Gasteiger partial charge in [0.25, 0.3) is 0 Å². The molecule has 2 nitrogen and oxygen atoms in total. The maximum atomic E-state index is 5.85. The summed E-state index contributed by atoms with van der Waals surface area (Å²) in [6.07, 6.45) is 3.56. The Balaban J connectivity index is 2.05. The number of aryl methyl sites for hydroxylation is 2. The van der Waals surface area contributed by atoms with Crippen LogP contribution in [0.5, 0.6) is 0 Å². The van der Waals surface area contributed by atoms with Crippen molar-refractivity contribution in [3.05, 3.63) is 23.4 Å². The van der Waals surface area contributed by atoms with Gasteiger partial charge in [0.2, 0.25) is 0 Å². The first-order chi connectivity index (χ1) is 6.75. The third-order valence-electron chi connectivity index (χ3n) is 2.49. The summed E-state index contributed by atoms with van der Waals surface area (Å²) in [6.45, 7) is 2.75. The van der Waals surface area contributed by atoms with Gasteiger partial charge < -0.3 is 5.32 Å². The highest BCUT2D eigenvalue weighted by Gasteiger charge is 2.12. The zero-order chi connectivity index (χ0) is 9.97. The monoisotopic (exact) mass is 210 g/mol. The Hall–Kier alpha value is -0.760. The van der Waals surface area contributed by atoms with Crippen molar-refractivity contribution in [2.24, 2.45) is 0 Å². The Bertz CT molecular complexity index is 323. The molecule has 14 heavy (non-hydrogen) atoms. The predicted molar refractivity (Wildman–Crippen MR) is 60.1 cm³/mol. The molecule has 1 aromatic heterocycles. The minimum Gasteiger partial charge on any atom is -0.369 e. The highest BCUT2D eigenvalue weighted by molar-refractivity contribution is 6.20. The summed E-state index contributed by atoms with van der Waals surface area (Å²) < 4.78 is 0. The normalized spacial score (nSPS) is 16.4. The van der Waals surface area contributed by atoms with Crippen LogP contribution in [0.3, 0.4) is 0 Å². The van der Waals surface area contributed by atoms with E-state index in [-0.39, 0.29) is 5.38 Å². The number of nitrogens with zero attached hydrogens (tertiary/aromatic N) is 1. The molecule has 1 heterocycles. The van der Waals surface area contributed by atoms with Gasteiger partial charge in [-0.2, -0.15) is 0 Å². The van der Waals surface area contributed by atoms with Crippen LogP contribution in [0.15, 0.2) is 12.1 Å². The van der Waals surface area contributed by atoms with E-state index in [1.165, 1.54) is 24.1 Å². The van der Waals surface area contributed by atoms with Crippen LogP contribution in [0.25, 0.3) is 0 Å². The molecule has 0 fully saturated rings. The molecule has 0 saturated heterocycles. The second kappa shape index (κ2) is 4.18. The van der Waals surface area contributed by atoms with Crippen LogP contribution < -0.4 is 5.32 Å². The maximum absolute atomic E-state index is 5.85. The van der Waals surface area contributed by atoms with E-state index in [1.54, 1.807) is 0 Å². The van der Waals surface area contributed by atoms with E-state index < -0.39 is 0 Å². The number of halogens is 1. The maximum Gasteiger partial charge on any atom is 0.126 e. The smallest absolute Gasteiger partial charge is 0.126 e. The zero-order valence-corrected chi connectivity index (χ0v) is 9.14. The number of nitrogens with one attached hydrogen (secondary N) is 1. The van der Waals surface area contributed by atoms with Gasteiger partial charge in [-0.3, -0.25) is 0 Å². The molecule has 0 saturated carbocycles. The Kier molecular flexibility index (Phi) is 2.92. The molecule has 0 spiro atoms. The molecule has 2 rings (SSSR count). The van der Waals surface area contributed by atoms with Gasteiger partial charge in [0, 0.05) is 17.6 Å². The van der Waals surface area contributed by atoms with E-state index in [4.69, 9.17) is 11.6 Å². The average molecular weight is 211 g/mol. The fourth-order valence-electron chi connectivity index (χ4n) is 1.76. The molecule has 76 valence electrons. The Labute approximate surface area is 89.7 Å². The van der Waals surface area contributed by atoms with E-state index >= 15 is 0 Å². The quantitative estimate of drug-likeness (QED) is 0.776. The van der Waals surface area contributed by atoms with Gasteiger partial charge >= 0.3 is 0 Å². The molecule has 0 bridgehead atoms. The third-order valence-corrected chi connectivity index (χ3v) is 2.65. The molecule has 0 radical (unpaired) electrons. The lowest BCUT2D eigenvalue weighted by Gasteiger charge is -2.08. The molecule has 0 amide bonds. The van der Waals surface area contributed by atoms with Crippen LogP contribution in [0.2, 0.25) is 0 Å². The summed E-state index contributed by atoms with van der Waals surface area (Å²) in [7, 11) is 0. The average Bonchev–Trinajstić information content (AvgIpc) is 2.61. The minimum absolute atomic E-state index is 0.144. The van der Waals surface area contributed by atoms with Crippen LogP contribution in [0.4, 0.5) is 5.82 Å². The predicted octanol–water partition coefficient (Wildman–Crippen LogP) is 2.61. The summed E-state index contributed by atoms with van der Waals surface area (Å²) in [4.78, 5) is 4.56. The van der Waals surface area contributed by atoms with Gasteiger partial charge in [-0.15, -0.1) is 11.6 Å². The number of pyridine rings is 1. The van der Waals surface area contributed by atoms with Crippen LogP contribution in [0, 0.1) is 0 Å². The zero-order valence-electron chi connectivity index (χ0n) is 8.39. The van der Waals surface area contributed by atoms with Crippen molar-refractivity contribution in [3.8, 4) is 0 Å². The number of hydrogen-bond donors (Lipinski definition) is 1. The lowest BCUT2D eigenvalue weighted by atomic mass is 10.2. The highest BCUT2D eigenvalue weighted by atomic mass is 35.5. The van der Waals surface area contributed by atoms with Crippen LogP contribution in [0.1, 0.15) is 24.6 Å². The van der Waals surface area contributed by atoms with Crippen molar-refractivity contribution in [2.45, 2.75) is 31.6 Å². The number of anilines is 1. The minimum atomic E-state index is 0.144. The number of aromatic nitrogens is 1. The second-order valence-corrected chi connectivity index (χ2v) is 4.56. The van der Waals surface area contributed by atoms with E-state index in [0.717, 1.165) is 18.8 Å². The molecule has 1 aliphatic rings. The van der Waals surface area contributed by atoms with Crippen molar-refractivity contribution >= 4 is 17.4 Å². The Morgan fingerprint density at radius 3 is 3.14 bits per heavy atom. The first-order valence-electron chi connectivity index (χ1n) is 5.12. The molecular weight excluding hydrogens is 196 g/mol. The lowest BCUT2D eigenvalue weighted by Crippen LogP contribution is -2.11. The van der Waals surface area contributed by atoms with Crippen LogP contribution in [-0.2, 0) is 12.8 Å². The van der Waals surface area contributed by atoms with E-state index in [1.807, 2.05) is 13.0 Å². The fraction of sp³-hybridized carbons (Fsp3) is 0.545. The van der Waals surface area contributed by atoms with Crippen molar-refractivity contribution in [2.75, 3.05) is 11.9 Å². The number of rotatable bonds is 3. The number of alkyl halides is 1. The molecular formula is C11H15ClN2. The van der Waals surface area contributed by atoms with E-state index in [0.29, 0.717) is 0 Å². The van der Waals surface area contributed by atoms with Gasteiger partial charge in [0.05, 0.1) is 0 Å². The third kappa shape index (κ3) is 2.18. The Morgan fingerprint density at radius 2 is 2.36 bits per heavy atom.